The number of nitrogens with one attached hydrogen (secondary N) is 2. The van der Waals surface area contributed by atoms with Gasteiger partial charge in [0.2, 0.25) is 0 Å². The first-order chi connectivity index (χ1) is 12.5. The number of rotatable bonds is 7. The van der Waals surface area contributed by atoms with E-state index < -0.39 is 18.3 Å². The molecular weight excluding hydrogens is 354 g/mol. The number of carbonyl (C=O) groups is 1. The topological polar surface area (TPSA) is 117 Å². The molecule has 0 saturated heterocycles. The number of hydrogen-bond acceptors (Lipinski definition) is 5. The molecule has 2 atom stereocenters. The van der Waals surface area contributed by atoms with Crippen molar-refractivity contribution in [1.29, 1.82) is 0 Å². The SMILES string of the molecule is NC(=S)Nc1ccc(C(O)C(O)CNC(=O)OCc2ccccc2)cc1. The number of aliphatic hydroxyl groups excluding tert-OH is 2. The van der Waals surface area contributed by atoms with E-state index in [1.54, 1.807) is 24.3 Å². The summed E-state index contributed by atoms with van der Waals surface area (Å²) in [6, 6.07) is 15.8. The van der Waals surface area contributed by atoms with Crippen LogP contribution >= 0.6 is 12.2 Å². The van der Waals surface area contributed by atoms with E-state index >= 15 is 0 Å². The van der Waals surface area contributed by atoms with Crippen LogP contribution in [0.3, 0.4) is 0 Å². The number of nitrogens with two attached hydrogens (primary N) is 1. The minimum absolute atomic E-state index is 0.128. The quantitative estimate of drug-likeness (QED) is 0.467. The largest absolute Gasteiger partial charge is 0.445 e. The third kappa shape index (κ3) is 6.32. The van der Waals surface area contributed by atoms with Gasteiger partial charge in [0.15, 0.2) is 5.11 Å². The van der Waals surface area contributed by atoms with Crippen molar-refractivity contribution in [1.82, 2.24) is 5.32 Å². The molecule has 0 aliphatic rings. The standard InChI is InChI=1S/C18H21N3O4S/c19-17(26)21-14-8-6-13(7-9-14)16(23)15(22)10-20-18(24)25-11-12-4-2-1-3-5-12/h1-9,15-16,22-23H,10-11H2,(H,20,24)(H3,19,21,26). The zero-order valence-corrected chi connectivity index (χ0v) is 14.8. The molecule has 0 aliphatic carbocycles. The highest BCUT2D eigenvalue weighted by Crippen LogP contribution is 2.19. The van der Waals surface area contributed by atoms with Gasteiger partial charge >= 0.3 is 6.09 Å². The fraction of sp³-hybridized carbons (Fsp3) is 0.222. The maximum Gasteiger partial charge on any atom is 0.407 e. The summed E-state index contributed by atoms with van der Waals surface area (Å²) in [6.45, 7) is -0.0233. The first-order valence-corrected chi connectivity index (χ1v) is 8.33. The highest BCUT2D eigenvalue weighted by Gasteiger charge is 2.19. The van der Waals surface area contributed by atoms with Crippen LogP contribution in [0.1, 0.15) is 17.2 Å². The molecule has 26 heavy (non-hydrogen) atoms. The van der Waals surface area contributed by atoms with Crippen molar-refractivity contribution in [3.05, 3.63) is 65.7 Å². The number of ether oxygens (including phenoxy) is 1. The number of aliphatic hydroxyl groups is 2. The van der Waals surface area contributed by atoms with Gasteiger partial charge in [-0.05, 0) is 35.5 Å². The van der Waals surface area contributed by atoms with Crippen LogP contribution in [0.4, 0.5) is 10.5 Å². The maximum atomic E-state index is 11.7. The molecule has 2 unspecified atom stereocenters. The van der Waals surface area contributed by atoms with Crippen LogP contribution in [-0.4, -0.2) is 34.1 Å². The Balaban J connectivity index is 1.78. The highest BCUT2D eigenvalue weighted by molar-refractivity contribution is 7.80. The second kappa shape index (κ2) is 9.71. The summed E-state index contributed by atoms with van der Waals surface area (Å²) in [4.78, 5) is 11.7. The summed E-state index contributed by atoms with van der Waals surface area (Å²) >= 11 is 4.74. The third-order valence-electron chi connectivity index (χ3n) is 3.55. The first kappa shape index (κ1) is 19.6. The number of amides is 1. The molecule has 0 radical (unpaired) electrons. The molecule has 2 aromatic carbocycles. The molecule has 0 aliphatic heterocycles. The van der Waals surface area contributed by atoms with Crippen molar-refractivity contribution in [2.24, 2.45) is 5.73 Å². The van der Waals surface area contributed by atoms with E-state index in [1.165, 1.54) is 0 Å². The lowest BCUT2D eigenvalue weighted by Gasteiger charge is -2.19. The fourth-order valence-corrected chi connectivity index (χ4v) is 2.32. The number of anilines is 1. The predicted molar refractivity (Wildman–Crippen MR) is 102 cm³/mol. The van der Waals surface area contributed by atoms with Crippen LogP contribution in [0.15, 0.2) is 54.6 Å². The van der Waals surface area contributed by atoms with E-state index in [0.29, 0.717) is 11.3 Å². The van der Waals surface area contributed by atoms with Gasteiger partial charge in [-0.1, -0.05) is 42.5 Å². The van der Waals surface area contributed by atoms with Gasteiger partial charge in [0.1, 0.15) is 18.8 Å². The summed E-state index contributed by atoms with van der Waals surface area (Å²) in [5.41, 5.74) is 7.40. The Labute approximate surface area is 156 Å². The zero-order chi connectivity index (χ0) is 18.9. The number of hydrogen-bond donors (Lipinski definition) is 5. The lowest BCUT2D eigenvalue weighted by Crippen LogP contribution is -2.35. The fourth-order valence-electron chi connectivity index (χ4n) is 2.20. The van der Waals surface area contributed by atoms with Crippen molar-refractivity contribution < 1.29 is 19.7 Å². The van der Waals surface area contributed by atoms with Gasteiger partial charge in [-0.3, -0.25) is 0 Å². The van der Waals surface area contributed by atoms with E-state index in [4.69, 9.17) is 22.7 Å². The van der Waals surface area contributed by atoms with Gasteiger partial charge < -0.3 is 31.3 Å². The average Bonchev–Trinajstić information content (AvgIpc) is 2.65. The Morgan fingerprint density at radius 2 is 1.77 bits per heavy atom. The second-order valence-electron chi connectivity index (χ2n) is 5.57. The number of thiocarbonyl (C=S) groups is 1. The normalized spacial score (nSPS) is 12.7. The number of benzene rings is 2. The lowest BCUT2D eigenvalue weighted by atomic mass is 10.0. The average molecular weight is 375 g/mol. The van der Waals surface area contributed by atoms with E-state index in [0.717, 1.165) is 5.56 Å². The first-order valence-electron chi connectivity index (χ1n) is 7.93. The van der Waals surface area contributed by atoms with Crippen LogP contribution in [0.25, 0.3) is 0 Å². The Bertz CT molecular complexity index is 725. The summed E-state index contributed by atoms with van der Waals surface area (Å²) in [7, 11) is 0. The Morgan fingerprint density at radius 3 is 2.38 bits per heavy atom. The van der Waals surface area contributed by atoms with Gasteiger partial charge in [-0.15, -0.1) is 0 Å². The molecule has 0 spiro atoms. The molecule has 6 N–H and O–H groups in total. The third-order valence-corrected chi connectivity index (χ3v) is 3.65. The monoisotopic (exact) mass is 375 g/mol. The Hall–Kier alpha value is -2.68. The predicted octanol–water partition coefficient (Wildman–Crippen LogP) is 1.66. The van der Waals surface area contributed by atoms with Crippen LogP contribution in [0.2, 0.25) is 0 Å². The molecule has 2 aromatic rings. The second-order valence-corrected chi connectivity index (χ2v) is 6.01. The lowest BCUT2D eigenvalue weighted by molar-refractivity contribution is 0.0184. The van der Waals surface area contributed by atoms with Crippen LogP contribution in [0.5, 0.6) is 0 Å². The zero-order valence-electron chi connectivity index (χ0n) is 14.0. The van der Waals surface area contributed by atoms with E-state index in [-0.39, 0.29) is 18.3 Å². The molecule has 0 aromatic heterocycles. The highest BCUT2D eigenvalue weighted by atomic mass is 32.1. The summed E-state index contributed by atoms with van der Waals surface area (Å²) in [5, 5.41) is 25.5. The van der Waals surface area contributed by atoms with Crippen molar-refractivity contribution in [2.75, 3.05) is 11.9 Å². The Kier molecular flexibility index (Phi) is 7.34. The van der Waals surface area contributed by atoms with Gasteiger partial charge in [-0.25, -0.2) is 4.79 Å². The molecule has 0 saturated carbocycles. The van der Waals surface area contributed by atoms with Gasteiger partial charge in [0.25, 0.3) is 0 Å². The van der Waals surface area contributed by atoms with Crippen molar-refractivity contribution >= 4 is 29.1 Å². The van der Waals surface area contributed by atoms with Gasteiger partial charge in [-0.2, -0.15) is 0 Å². The molecule has 1 amide bonds. The van der Waals surface area contributed by atoms with Crippen LogP contribution in [-0.2, 0) is 11.3 Å². The van der Waals surface area contributed by atoms with Gasteiger partial charge in [0.05, 0.1) is 0 Å². The van der Waals surface area contributed by atoms with Crippen molar-refractivity contribution in [2.45, 2.75) is 18.8 Å². The molecule has 0 heterocycles. The van der Waals surface area contributed by atoms with Crippen molar-refractivity contribution in [3.63, 3.8) is 0 Å². The Morgan fingerprint density at radius 1 is 1.12 bits per heavy atom. The number of carbonyl (C=O) groups excluding carboxylic acids is 1. The maximum absolute atomic E-state index is 11.7. The van der Waals surface area contributed by atoms with Crippen LogP contribution < -0.4 is 16.4 Å². The van der Waals surface area contributed by atoms with E-state index in [9.17, 15) is 15.0 Å². The molecule has 0 fully saturated rings. The van der Waals surface area contributed by atoms with E-state index in [1.807, 2.05) is 30.3 Å². The summed E-state index contributed by atoms with van der Waals surface area (Å²) in [6.07, 6.45) is -3.02. The van der Waals surface area contributed by atoms with E-state index in [2.05, 4.69) is 10.6 Å². The molecule has 138 valence electrons. The van der Waals surface area contributed by atoms with Gasteiger partial charge in [0, 0.05) is 12.2 Å². The molecule has 0 bridgehead atoms. The molecule has 7 nitrogen and oxygen atoms in total. The summed E-state index contributed by atoms with van der Waals surface area (Å²) in [5.74, 6) is 0. The molecule has 8 heteroatoms. The van der Waals surface area contributed by atoms with Crippen LogP contribution in [0, 0.1) is 0 Å². The van der Waals surface area contributed by atoms with Crippen molar-refractivity contribution in [3.8, 4) is 0 Å². The number of alkyl carbamates (subject to hydrolysis) is 1. The smallest absolute Gasteiger partial charge is 0.407 e. The minimum atomic E-state index is -1.19. The molecular formula is C18H21N3O4S. The summed E-state index contributed by atoms with van der Waals surface area (Å²) < 4.78 is 5.04. The molecule has 2 rings (SSSR count). The minimum Gasteiger partial charge on any atom is -0.445 e.